The Balaban J connectivity index is 2.04. The van der Waals surface area contributed by atoms with Crippen LogP contribution < -0.4 is 4.72 Å². The van der Waals surface area contributed by atoms with E-state index in [1.54, 1.807) is 0 Å². The molecule has 1 aliphatic rings. The van der Waals surface area contributed by atoms with E-state index >= 15 is 0 Å². The smallest absolute Gasteiger partial charge is 0.126 e. The summed E-state index contributed by atoms with van der Waals surface area (Å²) in [7, 11) is -1.38. The van der Waals surface area contributed by atoms with Gasteiger partial charge in [-0.25, -0.2) is 22.7 Å². The Hall–Kier alpha value is -0.700. The zero-order chi connectivity index (χ0) is 20.6. The van der Waals surface area contributed by atoms with E-state index in [1.807, 2.05) is 20.8 Å². The fraction of sp³-hybridized carbons (Fsp3) is 0.450. The molecule has 28 heavy (non-hydrogen) atoms. The zero-order valence-corrected chi connectivity index (χ0v) is 19.9. The Morgan fingerprint density at radius 2 is 1.75 bits per heavy atom. The highest BCUT2D eigenvalue weighted by atomic mass is 79.9. The van der Waals surface area contributed by atoms with Crippen LogP contribution in [0.3, 0.4) is 0 Å². The second-order valence-corrected chi connectivity index (χ2v) is 11.5. The molecule has 1 aromatic heterocycles. The number of pyridine rings is 1. The Kier molecular flexibility index (Phi) is 6.74. The number of hydrogen-bond donors (Lipinski definition) is 1. The summed E-state index contributed by atoms with van der Waals surface area (Å²) in [6, 6.07) is 2.97. The lowest BCUT2D eigenvalue weighted by Crippen LogP contribution is -2.37. The molecule has 3 nitrogen and oxygen atoms in total. The highest BCUT2D eigenvalue weighted by Gasteiger charge is 2.29. The number of nitrogens with one attached hydrogen (secondary N) is 1. The third-order valence-electron chi connectivity index (χ3n) is 4.67. The number of nitrogens with zero attached hydrogens (tertiary/aromatic N) is 1. The molecule has 1 unspecified atom stereocenters. The van der Waals surface area contributed by atoms with E-state index in [2.05, 4.69) is 36.6 Å². The van der Waals surface area contributed by atoms with E-state index in [0.717, 1.165) is 34.4 Å². The van der Waals surface area contributed by atoms with Gasteiger partial charge in [0.1, 0.15) is 16.2 Å². The molecule has 0 radical (unpaired) electrons. The van der Waals surface area contributed by atoms with Gasteiger partial charge in [-0.2, -0.15) is 0 Å². The molecule has 1 aliphatic carbocycles. The first kappa shape index (κ1) is 22.0. The molecule has 2 aromatic rings. The minimum atomic E-state index is -1.38. The van der Waals surface area contributed by atoms with Gasteiger partial charge in [0, 0.05) is 10.5 Å². The van der Waals surface area contributed by atoms with E-state index in [1.165, 1.54) is 23.3 Å². The summed E-state index contributed by atoms with van der Waals surface area (Å²) in [5, 5.41) is 0. The fourth-order valence-electron chi connectivity index (χ4n) is 3.29. The molecule has 0 aliphatic heterocycles. The van der Waals surface area contributed by atoms with E-state index in [-0.39, 0.29) is 6.42 Å². The van der Waals surface area contributed by atoms with Gasteiger partial charge in [-0.05, 0) is 107 Å². The monoisotopic (exact) mass is 534 g/mol. The first-order chi connectivity index (χ1) is 13.1. The predicted octanol–water partition coefficient (Wildman–Crippen LogP) is 5.71. The highest BCUT2D eigenvalue weighted by Crippen LogP contribution is 2.38. The summed E-state index contributed by atoms with van der Waals surface area (Å²) in [6.45, 7) is 5.61. The standard InChI is InChI=1S/C20H22Br2F2N2OS/c1-20(2,3)28(27)26-16(9-11-7-12(23)10-13(24)8-11)18-17(21)14-5-4-6-15(14)19(22)25-18/h7-8,10,16,26H,4-6,9H2,1-3H3/t16?,28-/m0/s1. The normalized spacial score (nSPS) is 16.1. The summed E-state index contributed by atoms with van der Waals surface area (Å²) >= 11 is 7.24. The van der Waals surface area contributed by atoms with Crippen LogP contribution in [0.4, 0.5) is 8.78 Å². The first-order valence-electron chi connectivity index (χ1n) is 9.06. The SMILES string of the molecule is CC(C)(C)[S@](=O)NC(Cc1cc(F)cc(F)c1)c1nc(Br)c2c(c1Br)CCC2. The Bertz CT molecular complexity index is 911. The molecule has 0 bridgehead atoms. The van der Waals surface area contributed by atoms with Crippen molar-refractivity contribution in [3.8, 4) is 0 Å². The second kappa shape index (κ2) is 8.58. The van der Waals surface area contributed by atoms with Crippen LogP contribution in [0.25, 0.3) is 0 Å². The van der Waals surface area contributed by atoms with Crippen LogP contribution in [0.1, 0.15) is 55.6 Å². The molecular formula is C20H22Br2F2N2OS. The van der Waals surface area contributed by atoms with E-state index < -0.39 is 33.4 Å². The second-order valence-electron chi connectivity index (χ2n) is 7.95. The first-order valence-corrected chi connectivity index (χ1v) is 11.8. The summed E-state index contributed by atoms with van der Waals surface area (Å²) in [5.74, 6) is -1.26. The van der Waals surface area contributed by atoms with Crippen LogP contribution in [-0.4, -0.2) is 13.9 Å². The maximum atomic E-state index is 13.7. The highest BCUT2D eigenvalue weighted by molar-refractivity contribution is 9.11. The van der Waals surface area contributed by atoms with Crippen LogP contribution in [0.5, 0.6) is 0 Å². The Labute approximate surface area is 183 Å². The van der Waals surface area contributed by atoms with Crippen molar-refractivity contribution >= 4 is 42.8 Å². The fourth-order valence-corrected chi connectivity index (χ4v) is 5.52. The van der Waals surface area contributed by atoms with Gasteiger partial charge in [0.25, 0.3) is 0 Å². The van der Waals surface area contributed by atoms with Gasteiger partial charge >= 0.3 is 0 Å². The summed E-state index contributed by atoms with van der Waals surface area (Å²) in [4.78, 5) is 4.71. The molecule has 1 N–H and O–H groups in total. The molecule has 0 saturated carbocycles. The lowest BCUT2D eigenvalue weighted by atomic mass is 10.0. The van der Waals surface area contributed by atoms with Gasteiger partial charge in [0.15, 0.2) is 0 Å². The average Bonchev–Trinajstić information content (AvgIpc) is 3.06. The van der Waals surface area contributed by atoms with Crippen molar-refractivity contribution in [2.24, 2.45) is 0 Å². The molecule has 1 aromatic carbocycles. The van der Waals surface area contributed by atoms with Crippen LogP contribution >= 0.6 is 31.9 Å². The topological polar surface area (TPSA) is 42.0 Å². The van der Waals surface area contributed by atoms with E-state index in [0.29, 0.717) is 11.3 Å². The van der Waals surface area contributed by atoms with Crippen molar-refractivity contribution in [3.05, 3.63) is 61.3 Å². The minimum absolute atomic E-state index is 0.257. The molecule has 0 saturated heterocycles. The molecule has 0 spiro atoms. The van der Waals surface area contributed by atoms with Crippen molar-refractivity contribution in [1.29, 1.82) is 0 Å². The van der Waals surface area contributed by atoms with Crippen molar-refractivity contribution in [2.45, 2.75) is 57.2 Å². The molecule has 3 rings (SSSR count). The molecular weight excluding hydrogens is 514 g/mol. The number of aromatic nitrogens is 1. The summed E-state index contributed by atoms with van der Waals surface area (Å²) < 4.78 is 44.5. The van der Waals surface area contributed by atoms with E-state index in [9.17, 15) is 13.0 Å². The van der Waals surface area contributed by atoms with Crippen LogP contribution in [0, 0.1) is 11.6 Å². The molecule has 0 amide bonds. The Morgan fingerprint density at radius 3 is 2.36 bits per heavy atom. The molecule has 2 atom stereocenters. The minimum Gasteiger partial charge on any atom is -0.243 e. The third kappa shape index (κ3) is 4.89. The van der Waals surface area contributed by atoms with E-state index in [4.69, 9.17) is 4.98 Å². The van der Waals surface area contributed by atoms with Crippen molar-refractivity contribution in [3.63, 3.8) is 0 Å². The van der Waals surface area contributed by atoms with Crippen LogP contribution in [-0.2, 0) is 30.2 Å². The average molecular weight is 536 g/mol. The lowest BCUT2D eigenvalue weighted by molar-refractivity contribution is 0.564. The number of halogens is 4. The summed E-state index contributed by atoms with van der Waals surface area (Å²) in [6.07, 6.45) is 3.21. The molecule has 1 heterocycles. The van der Waals surface area contributed by atoms with Crippen molar-refractivity contribution < 1.29 is 13.0 Å². The van der Waals surface area contributed by atoms with Gasteiger partial charge in [0.2, 0.25) is 0 Å². The summed E-state index contributed by atoms with van der Waals surface area (Å²) in [5.41, 5.74) is 3.54. The van der Waals surface area contributed by atoms with Crippen molar-refractivity contribution in [1.82, 2.24) is 9.71 Å². The van der Waals surface area contributed by atoms with Crippen LogP contribution in [0.15, 0.2) is 27.3 Å². The maximum Gasteiger partial charge on any atom is 0.126 e. The third-order valence-corrected chi connectivity index (χ3v) is 7.82. The zero-order valence-electron chi connectivity index (χ0n) is 15.9. The molecule has 152 valence electrons. The quantitative estimate of drug-likeness (QED) is 0.498. The largest absolute Gasteiger partial charge is 0.243 e. The molecule has 8 heteroatoms. The lowest BCUT2D eigenvalue weighted by Gasteiger charge is -2.26. The van der Waals surface area contributed by atoms with Gasteiger partial charge in [-0.1, -0.05) is 0 Å². The number of fused-ring (bicyclic) bond motifs is 1. The van der Waals surface area contributed by atoms with Crippen LogP contribution in [0.2, 0.25) is 0 Å². The predicted molar refractivity (Wildman–Crippen MR) is 115 cm³/mol. The maximum absolute atomic E-state index is 13.7. The molecule has 0 fully saturated rings. The van der Waals surface area contributed by atoms with Gasteiger partial charge in [0.05, 0.1) is 27.5 Å². The Morgan fingerprint density at radius 1 is 1.14 bits per heavy atom. The number of benzene rings is 1. The van der Waals surface area contributed by atoms with Gasteiger partial charge in [-0.15, -0.1) is 0 Å². The van der Waals surface area contributed by atoms with Gasteiger partial charge < -0.3 is 0 Å². The number of rotatable bonds is 5. The van der Waals surface area contributed by atoms with Crippen molar-refractivity contribution in [2.75, 3.05) is 0 Å². The van der Waals surface area contributed by atoms with Gasteiger partial charge in [-0.3, -0.25) is 0 Å². The number of hydrogen-bond acceptors (Lipinski definition) is 2.